The summed E-state index contributed by atoms with van der Waals surface area (Å²) in [4.78, 5) is 0. The van der Waals surface area contributed by atoms with Crippen molar-refractivity contribution < 1.29 is 0 Å². The van der Waals surface area contributed by atoms with Gasteiger partial charge in [-0.3, -0.25) is 0 Å². The van der Waals surface area contributed by atoms with Crippen LogP contribution in [0, 0.1) is 22.7 Å². The van der Waals surface area contributed by atoms with E-state index in [1.54, 1.807) is 25.2 Å². The van der Waals surface area contributed by atoms with E-state index in [0.717, 1.165) is 0 Å². The zero-order valence-corrected chi connectivity index (χ0v) is 9.07. The lowest BCUT2D eigenvalue weighted by molar-refractivity contribution is 1.39. The van der Waals surface area contributed by atoms with E-state index >= 15 is 0 Å². The van der Waals surface area contributed by atoms with Crippen LogP contribution in [0.5, 0.6) is 0 Å². The Morgan fingerprint density at radius 2 is 1.85 bits per heavy atom. The van der Waals surface area contributed by atoms with Crippen molar-refractivity contribution in [1.29, 1.82) is 10.5 Å². The number of nitriles is 2. The summed E-state index contributed by atoms with van der Waals surface area (Å²) in [5.41, 5.74) is 0.804. The highest BCUT2D eigenvalue weighted by atomic mass is 31.0. The van der Waals surface area contributed by atoms with E-state index in [1.807, 2.05) is 18.8 Å². The molecule has 0 amide bonds. The summed E-state index contributed by atoms with van der Waals surface area (Å²) in [5, 5.41) is 16.9. The summed E-state index contributed by atoms with van der Waals surface area (Å²) in [6.07, 6.45) is 4.74. The molecule has 0 fully saturated rings. The van der Waals surface area contributed by atoms with Crippen molar-refractivity contribution in [3.05, 3.63) is 36.0 Å². The Bertz CT molecular complexity index is 287. The first-order valence-corrected chi connectivity index (χ1v) is 4.79. The maximum absolute atomic E-state index is 8.51. The minimum Gasteiger partial charge on any atom is -0.193 e. The van der Waals surface area contributed by atoms with Crippen molar-refractivity contribution in [2.45, 2.75) is 6.92 Å². The summed E-state index contributed by atoms with van der Waals surface area (Å²) < 4.78 is 0. The lowest BCUT2D eigenvalue weighted by Gasteiger charge is -1.86. The summed E-state index contributed by atoms with van der Waals surface area (Å²) in [7, 11) is 2.42. The van der Waals surface area contributed by atoms with Crippen molar-refractivity contribution in [2.75, 3.05) is 6.66 Å². The van der Waals surface area contributed by atoms with E-state index in [0.29, 0.717) is 11.1 Å². The molecule has 0 rings (SSSR count). The molecule has 0 saturated carbocycles. The van der Waals surface area contributed by atoms with Crippen LogP contribution in [0.15, 0.2) is 36.0 Å². The normalized spacial score (nSPS) is 10.2. The van der Waals surface area contributed by atoms with Crippen molar-refractivity contribution in [1.82, 2.24) is 0 Å². The fourth-order valence-electron chi connectivity index (χ4n) is 0.471. The molecule has 0 aliphatic rings. The van der Waals surface area contributed by atoms with E-state index in [1.165, 1.54) is 0 Å². The van der Waals surface area contributed by atoms with Gasteiger partial charge in [0.25, 0.3) is 0 Å². The van der Waals surface area contributed by atoms with Gasteiger partial charge in [0.2, 0.25) is 0 Å². The minimum atomic E-state index is 0.382. The Morgan fingerprint density at radius 3 is 2.15 bits per heavy atom. The zero-order chi connectivity index (χ0) is 10.7. The molecule has 1 atom stereocenters. The highest BCUT2D eigenvalue weighted by Gasteiger charge is 1.93. The van der Waals surface area contributed by atoms with Crippen LogP contribution in [0.25, 0.3) is 0 Å². The SMILES string of the molecule is C=C/C=C\C(C#N)=C(/C)C#N.CP. The summed E-state index contributed by atoms with van der Waals surface area (Å²) in [6, 6.07) is 3.81. The lowest BCUT2D eigenvalue weighted by Crippen LogP contribution is -1.77. The van der Waals surface area contributed by atoms with Gasteiger partial charge in [0.1, 0.15) is 6.07 Å². The molecular weight excluding hydrogens is 179 g/mol. The Kier molecular flexibility index (Phi) is 11.6. The summed E-state index contributed by atoms with van der Waals surface area (Å²) >= 11 is 0. The molecule has 68 valence electrons. The summed E-state index contributed by atoms with van der Waals surface area (Å²) in [6.45, 7) is 6.97. The quantitative estimate of drug-likeness (QED) is 0.383. The second-order valence-corrected chi connectivity index (χ2v) is 1.86. The molecule has 0 N–H and O–H groups in total. The first kappa shape index (κ1) is 14.2. The molecule has 0 radical (unpaired) electrons. The predicted octanol–water partition coefficient (Wildman–Crippen LogP) is 2.58. The fourth-order valence-corrected chi connectivity index (χ4v) is 0.471. The first-order valence-electron chi connectivity index (χ1n) is 3.64. The lowest BCUT2D eigenvalue weighted by atomic mass is 10.1. The zero-order valence-electron chi connectivity index (χ0n) is 7.91. The van der Waals surface area contributed by atoms with Gasteiger partial charge in [-0.15, -0.1) is 9.24 Å². The Balaban J connectivity index is 0. The number of hydrogen-bond acceptors (Lipinski definition) is 2. The van der Waals surface area contributed by atoms with Gasteiger partial charge in [-0.2, -0.15) is 10.5 Å². The van der Waals surface area contributed by atoms with Crippen molar-refractivity contribution in [3.63, 3.8) is 0 Å². The second-order valence-electron chi connectivity index (χ2n) is 1.86. The molecule has 0 bridgehead atoms. The smallest absolute Gasteiger partial charge is 0.100 e. The van der Waals surface area contributed by atoms with E-state index in [4.69, 9.17) is 10.5 Å². The topological polar surface area (TPSA) is 47.6 Å². The second kappa shape index (κ2) is 10.6. The molecule has 0 aliphatic heterocycles. The van der Waals surface area contributed by atoms with Gasteiger partial charge in [0.05, 0.1) is 11.6 Å². The van der Waals surface area contributed by atoms with Gasteiger partial charge in [-0.05, 0) is 13.0 Å². The van der Waals surface area contributed by atoms with Gasteiger partial charge in [0.15, 0.2) is 0 Å². The fraction of sp³-hybridized carbons (Fsp3) is 0.200. The standard InChI is InChI=1S/C9H8N2.CH5P/c1-3-4-5-9(7-11)8(2)6-10;1-2/h3-5H,1H2,2H3;2H2,1H3/b5-4-,9-8-;. The minimum absolute atomic E-state index is 0.382. The molecular formula is C10H13N2P. The monoisotopic (exact) mass is 192 g/mol. The molecule has 1 unspecified atom stereocenters. The van der Waals surface area contributed by atoms with Crippen molar-refractivity contribution in [3.8, 4) is 12.1 Å². The average Bonchev–Trinajstić information content (AvgIpc) is 2.21. The van der Waals surface area contributed by atoms with Crippen LogP contribution in [-0.4, -0.2) is 6.66 Å². The van der Waals surface area contributed by atoms with Crippen LogP contribution in [0.3, 0.4) is 0 Å². The highest BCUT2D eigenvalue weighted by Crippen LogP contribution is 2.02. The molecule has 0 aromatic heterocycles. The van der Waals surface area contributed by atoms with E-state index < -0.39 is 0 Å². The van der Waals surface area contributed by atoms with Crippen LogP contribution in [0.1, 0.15) is 6.92 Å². The molecule has 0 aliphatic carbocycles. The third-order valence-electron chi connectivity index (χ3n) is 1.09. The van der Waals surface area contributed by atoms with Gasteiger partial charge < -0.3 is 0 Å². The summed E-state index contributed by atoms with van der Waals surface area (Å²) in [5.74, 6) is 0. The molecule has 0 spiro atoms. The molecule has 13 heavy (non-hydrogen) atoms. The van der Waals surface area contributed by atoms with Gasteiger partial charge in [-0.1, -0.05) is 25.4 Å². The third-order valence-corrected chi connectivity index (χ3v) is 1.09. The van der Waals surface area contributed by atoms with Crippen molar-refractivity contribution in [2.24, 2.45) is 0 Å². The molecule has 0 aromatic rings. The number of hydrogen-bond donors (Lipinski definition) is 0. The maximum Gasteiger partial charge on any atom is 0.100 e. The van der Waals surface area contributed by atoms with Crippen molar-refractivity contribution >= 4 is 9.24 Å². The van der Waals surface area contributed by atoms with Crippen LogP contribution in [0.2, 0.25) is 0 Å². The largest absolute Gasteiger partial charge is 0.193 e. The van der Waals surface area contributed by atoms with Crippen LogP contribution < -0.4 is 0 Å². The highest BCUT2D eigenvalue weighted by molar-refractivity contribution is 7.15. The van der Waals surface area contributed by atoms with Gasteiger partial charge >= 0.3 is 0 Å². The molecule has 0 heterocycles. The Labute approximate surface area is 82.1 Å². The van der Waals surface area contributed by atoms with Crippen LogP contribution >= 0.6 is 9.24 Å². The van der Waals surface area contributed by atoms with Crippen LogP contribution in [0.4, 0.5) is 0 Å². The number of nitrogens with zero attached hydrogens (tertiary/aromatic N) is 2. The van der Waals surface area contributed by atoms with Gasteiger partial charge in [-0.25, -0.2) is 0 Å². The Hall–Kier alpha value is -1.37. The molecule has 2 nitrogen and oxygen atoms in total. The first-order chi connectivity index (χ1) is 6.26. The number of allylic oxidation sites excluding steroid dienone is 5. The Morgan fingerprint density at radius 1 is 1.31 bits per heavy atom. The molecule has 0 aromatic carbocycles. The van der Waals surface area contributed by atoms with Gasteiger partial charge in [0, 0.05) is 5.57 Å². The maximum atomic E-state index is 8.51. The third kappa shape index (κ3) is 7.01. The van der Waals surface area contributed by atoms with E-state index in [-0.39, 0.29) is 0 Å². The van der Waals surface area contributed by atoms with E-state index in [2.05, 4.69) is 15.8 Å². The molecule has 0 saturated heterocycles. The van der Waals surface area contributed by atoms with E-state index in [9.17, 15) is 0 Å². The van der Waals surface area contributed by atoms with Crippen LogP contribution in [-0.2, 0) is 0 Å². The number of rotatable bonds is 2. The average molecular weight is 192 g/mol. The predicted molar refractivity (Wildman–Crippen MR) is 58.9 cm³/mol. The molecule has 3 heteroatoms.